The van der Waals surface area contributed by atoms with E-state index in [0.717, 1.165) is 18.6 Å². The molecule has 0 nitrogen and oxygen atoms in total. The first-order valence-corrected chi connectivity index (χ1v) is 8.31. The van der Waals surface area contributed by atoms with Gasteiger partial charge in [-0.3, -0.25) is 0 Å². The van der Waals surface area contributed by atoms with Gasteiger partial charge < -0.3 is 0 Å². The highest BCUT2D eigenvalue weighted by atomic mass is 35.5. The van der Waals surface area contributed by atoms with Crippen molar-refractivity contribution in [2.24, 2.45) is 0 Å². The molecule has 0 heterocycles. The zero-order chi connectivity index (χ0) is 13.1. The van der Waals surface area contributed by atoms with Gasteiger partial charge in [0.25, 0.3) is 0 Å². The lowest BCUT2D eigenvalue weighted by atomic mass is 10.00. The molecular weight excluding hydrogens is 272 g/mol. The topological polar surface area (TPSA) is 0 Å². The van der Waals surface area contributed by atoms with Gasteiger partial charge in [0.2, 0.25) is 0 Å². The average Bonchev–Trinajstić information content (AvgIpc) is 2.62. The molecule has 0 aliphatic heterocycles. The summed E-state index contributed by atoms with van der Waals surface area (Å²) < 4.78 is 0. The highest BCUT2D eigenvalue weighted by molar-refractivity contribution is 7.99. The van der Waals surface area contributed by atoms with Gasteiger partial charge in [0.15, 0.2) is 0 Å². The summed E-state index contributed by atoms with van der Waals surface area (Å²) in [5.41, 5.74) is 5.93. The van der Waals surface area contributed by atoms with Gasteiger partial charge in [-0.2, -0.15) is 0 Å². The SMILES string of the molecule is ClCCSC1c2ccccc2CCc2ccccc21. The Labute approximate surface area is 124 Å². The van der Waals surface area contributed by atoms with Crippen molar-refractivity contribution in [1.29, 1.82) is 0 Å². The average molecular weight is 289 g/mol. The number of benzene rings is 2. The molecule has 1 aliphatic rings. The Morgan fingerprint density at radius 2 is 1.42 bits per heavy atom. The monoisotopic (exact) mass is 288 g/mol. The fourth-order valence-electron chi connectivity index (χ4n) is 2.81. The molecule has 0 amide bonds. The van der Waals surface area contributed by atoms with E-state index in [1.54, 1.807) is 0 Å². The summed E-state index contributed by atoms with van der Waals surface area (Å²) in [6.45, 7) is 0. The Kier molecular flexibility index (Phi) is 4.15. The largest absolute Gasteiger partial charge is 0.148 e. The van der Waals surface area contributed by atoms with Crippen LogP contribution in [0.1, 0.15) is 27.5 Å². The third kappa shape index (κ3) is 2.68. The Morgan fingerprint density at radius 1 is 0.895 bits per heavy atom. The third-order valence-corrected chi connectivity index (χ3v) is 5.39. The minimum atomic E-state index is 0.439. The minimum absolute atomic E-state index is 0.439. The maximum atomic E-state index is 5.89. The van der Waals surface area contributed by atoms with Crippen molar-refractivity contribution in [1.82, 2.24) is 0 Å². The molecule has 19 heavy (non-hydrogen) atoms. The smallest absolute Gasteiger partial charge is 0.0552 e. The second kappa shape index (κ2) is 6.02. The summed E-state index contributed by atoms with van der Waals surface area (Å²) in [5, 5.41) is 0.439. The molecule has 0 unspecified atom stereocenters. The second-order valence-corrected chi connectivity index (χ2v) is 6.43. The molecule has 98 valence electrons. The van der Waals surface area contributed by atoms with Crippen LogP contribution in [0.2, 0.25) is 0 Å². The number of halogens is 1. The van der Waals surface area contributed by atoms with Gasteiger partial charge in [-0.25, -0.2) is 0 Å². The van der Waals surface area contributed by atoms with E-state index in [1.807, 2.05) is 11.8 Å². The summed E-state index contributed by atoms with van der Waals surface area (Å²) in [5.74, 6) is 1.71. The highest BCUT2D eigenvalue weighted by Gasteiger charge is 2.22. The Bertz CT molecular complexity index is 517. The van der Waals surface area contributed by atoms with E-state index in [0.29, 0.717) is 11.1 Å². The molecule has 0 spiro atoms. The van der Waals surface area contributed by atoms with E-state index >= 15 is 0 Å². The van der Waals surface area contributed by atoms with Gasteiger partial charge in [0.05, 0.1) is 5.25 Å². The van der Waals surface area contributed by atoms with E-state index in [2.05, 4.69) is 48.5 Å². The van der Waals surface area contributed by atoms with Crippen molar-refractivity contribution in [2.75, 3.05) is 11.6 Å². The molecule has 1 aliphatic carbocycles. The number of fused-ring (bicyclic) bond motifs is 2. The predicted molar refractivity (Wildman–Crippen MR) is 85.3 cm³/mol. The first-order chi connectivity index (χ1) is 9.40. The van der Waals surface area contributed by atoms with E-state index in [9.17, 15) is 0 Å². The van der Waals surface area contributed by atoms with Crippen LogP contribution < -0.4 is 0 Å². The molecule has 0 saturated carbocycles. The fraction of sp³-hybridized carbons (Fsp3) is 0.294. The number of hydrogen-bond donors (Lipinski definition) is 0. The number of thioether (sulfide) groups is 1. The summed E-state index contributed by atoms with van der Waals surface area (Å²) in [6, 6.07) is 17.7. The fourth-order valence-corrected chi connectivity index (χ4v) is 4.23. The normalized spacial score (nSPS) is 14.6. The number of alkyl halides is 1. The summed E-state index contributed by atoms with van der Waals surface area (Å²) >= 11 is 7.86. The van der Waals surface area contributed by atoms with Crippen LogP contribution in [0.3, 0.4) is 0 Å². The van der Waals surface area contributed by atoms with Gasteiger partial charge in [0.1, 0.15) is 0 Å². The van der Waals surface area contributed by atoms with E-state index in [4.69, 9.17) is 11.6 Å². The van der Waals surface area contributed by atoms with E-state index in [-0.39, 0.29) is 0 Å². The van der Waals surface area contributed by atoms with Gasteiger partial charge in [-0.05, 0) is 35.1 Å². The third-order valence-electron chi connectivity index (χ3n) is 3.70. The van der Waals surface area contributed by atoms with Gasteiger partial charge >= 0.3 is 0 Å². The molecule has 0 N–H and O–H groups in total. The van der Waals surface area contributed by atoms with Crippen LogP contribution >= 0.6 is 23.4 Å². The maximum Gasteiger partial charge on any atom is 0.0552 e. The van der Waals surface area contributed by atoms with Gasteiger partial charge in [-0.15, -0.1) is 23.4 Å². The van der Waals surface area contributed by atoms with Crippen molar-refractivity contribution in [3.8, 4) is 0 Å². The zero-order valence-electron chi connectivity index (χ0n) is 10.8. The second-order valence-electron chi connectivity index (χ2n) is 4.84. The first kappa shape index (κ1) is 13.1. The zero-order valence-corrected chi connectivity index (χ0v) is 12.4. The predicted octanol–water partition coefficient (Wildman–Crippen LogP) is 4.85. The van der Waals surface area contributed by atoms with Gasteiger partial charge in [0, 0.05) is 11.6 Å². The Morgan fingerprint density at radius 3 is 1.95 bits per heavy atom. The van der Waals surface area contributed by atoms with E-state index < -0.39 is 0 Å². The number of rotatable bonds is 3. The molecule has 0 bridgehead atoms. The first-order valence-electron chi connectivity index (χ1n) is 6.73. The highest BCUT2D eigenvalue weighted by Crippen LogP contribution is 2.41. The van der Waals surface area contributed by atoms with E-state index in [1.165, 1.54) is 22.3 Å². The van der Waals surface area contributed by atoms with Crippen molar-refractivity contribution in [3.63, 3.8) is 0 Å². The Balaban J connectivity index is 2.08. The number of hydrogen-bond acceptors (Lipinski definition) is 1. The minimum Gasteiger partial charge on any atom is -0.148 e. The molecule has 0 fully saturated rings. The summed E-state index contributed by atoms with van der Waals surface area (Å²) in [4.78, 5) is 0. The van der Waals surface area contributed by atoms with Gasteiger partial charge in [-0.1, -0.05) is 48.5 Å². The molecule has 3 rings (SSSR count). The van der Waals surface area contributed by atoms with Crippen LogP contribution in [-0.2, 0) is 12.8 Å². The van der Waals surface area contributed by atoms with Crippen LogP contribution in [0.25, 0.3) is 0 Å². The van der Waals surface area contributed by atoms with Crippen LogP contribution in [-0.4, -0.2) is 11.6 Å². The molecule has 2 aromatic rings. The molecular formula is C17H17ClS. The quantitative estimate of drug-likeness (QED) is 0.728. The Hall–Kier alpha value is -0.920. The molecule has 0 saturated heterocycles. The number of aryl methyl sites for hydroxylation is 2. The van der Waals surface area contributed by atoms with Crippen LogP contribution in [0, 0.1) is 0 Å². The molecule has 2 aromatic carbocycles. The van der Waals surface area contributed by atoms with Crippen LogP contribution in [0.4, 0.5) is 0 Å². The van der Waals surface area contributed by atoms with Crippen LogP contribution in [0.15, 0.2) is 48.5 Å². The lowest BCUT2D eigenvalue weighted by Gasteiger charge is -2.19. The molecule has 0 aromatic heterocycles. The van der Waals surface area contributed by atoms with Crippen molar-refractivity contribution < 1.29 is 0 Å². The standard InChI is InChI=1S/C17H17ClS/c18-11-12-19-17-15-7-3-1-5-13(15)9-10-14-6-2-4-8-16(14)17/h1-8,17H,9-12H2. The summed E-state index contributed by atoms with van der Waals surface area (Å²) in [6.07, 6.45) is 2.29. The maximum absolute atomic E-state index is 5.89. The van der Waals surface area contributed by atoms with Crippen molar-refractivity contribution in [2.45, 2.75) is 18.1 Å². The molecule has 0 atom stereocenters. The lowest BCUT2D eigenvalue weighted by Crippen LogP contribution is -2.01. The molecule has 2 heteroatoms. The molecule has 0 radical (unpaired) electrons. The van der Waals surface area contributed by atoms with Crippen molar-refractivity contribution in [3.05, 3.63) is 70.8 Å². The van der Waals surface area contributed by atoms with Crippen molar-refractivity contribution >= 4 is 23.4 Å². The lowest BCUT2D eigenvalue weighted by molar-refractivity contribution is 0.965. The summed E-state index contributed by atoms with van der Waals surface area (Å²) in [7, 11) is 0. The van der Waals surface area contributed by atoms with Crippen LogP contribution in [0.5, 0.6) is 0 Å².